The van der Waals surface area contributed by atoms with Crippen molar-refractivity contribution in [2.75, 3.05) is 10.7 Å². The minimum atomic E-state index is 1.08. The highest BCUT2D eigenvalue weighted by atomic mass is 79.9. The van der Waals surface area contributed by atoms with Crippen molar-refractivity contribution in [2.24, 2.45) is 0 Å². The normalized spacial score (nSPS) is 10.8. The summed E-state index contributed by atoms with van der Waals surface area (Å²) in [7, 11) is 0. The Balaban J connectivity index is 2.83. The number of allylic oxidation sites excluding steroid dienone is 2. The molecule has 0 rings (SSSR count). The molecule has 0 atom stereocenters. The van der Waals surface area contributed by atoms with Crippen molar-refractivity contribution in [3.63, 3.8) is 0 Å². The van der Waals surface area contributed by atoms with Crippen molar-refractivity contribution < 1.29 is 0 Å². The molecular formula is C6H10Br2. The molecule has 0 saturated carbocycles. The summed E-state index contributed by atoms with van der Waals surface area (Å²) < 4.78 is 0. The van der Waals surface area contributed by atoms with Gasteiger partial charge in [0.1, 0.15) is 0 Å². The number of hydrogen-bond donors (Lipinski definition) is 0. The second-order valence-corrected chi connectivity index (χ2v) is 3.01. The van der Waals surface area contributed by atoms with Gasteiger partial charge in [0, 0.05) is 10.7 Å². The summed E-state index contributed by atoms with van der Waals surface area (Å²) in [5, 5.41) is 2.15. The van der Waals surface area contributed by atoms with E-state index in [4.69, 9.17) is 0 Å². The van der Waals surface area contributed by atoms with E-state index in [0.29, 0.717) is 0 Å². The van der Waals surface area contributed by atoms with Gasteiger partial charge in [-0.15, -0.1) is 0 Å². The Labute approximate surface area is 67.6 Å². The van der Waals surface area contributed by atoms with Gasteiger partial charge in [0.2, 0.25) is 0 Å². The third-order valence-corrected chi connectivity index (χ3v) is 1.63. The minimum Gasteiger partial charge on any atom is -0.0925 e. The third-order valence-electron chi connectivity index (χ3n) is 0.718. The Hall–Kier alpha value is 0.700. The van der Waals surface area contributed by atoms with E-state index in [-0.39, 0.29) is 0 Å². The van der Waals surface area contributed by atoms with E-state index in [2.05, 4.69) is 44.0 Å². The van der Waals surface area contributed by atoms with Crippen molar-refractivity contribution >= 4 is 31.9 Å². The highest BCUT2D eigenvalue weighted by Crippen LogP contribution is 1.93. The fourth-order valence-corrected chi connectivity index (χ4v) is 0.890. The van der Waals surface area contributed by atoms with Crippen LogP contribution in [0.15, 0.2) is 12.2 Å². The van der Waals surface area contributed by atoms with Crippen LogP contribution in [0.2, 0.25) is 0 Å². The summed E-state index contributed by atoms with van der Waals surface area (Å²) in [4.78, 5) is 0. The Morgan fingerprint density at radius 1 is 0.875 bits per heavy atom. The van der Waals surface area contributed by atoms with Gasteiger partial charge in [-0.3, -0.25) is 0 Å². The van der Waals surface area contributed by atoms with Crippen LogP contribution < -0.4 is 0 Å². The van der Waals surface area contributed by atoms with Crippen LogP contribution in [0.4, 0.5) is 0 Å². The molecule has 8 heavy (non-hydrogen) atoms. The monoisotopic (exact) mass is 240 g/mol. The average Bonchev–Trinajstić information content (AvgIpc) is 1.81. The summed E-state index contributed by atoms with van der Waals surface area (Å²) in [5.41, 5.74) is 0. The Morgan fingerprint density at radius 3 is 1.50 bits per heavy atom. The predicted octanol–water partition coefficient (Wildman–Crippen LogP) is 3.11. The van der Waals surface area contributed by atoms with Crippen LogP contribution in [0.1, 0.15) is 12.8 Å². The highest BCUT2D eigenvalue weighted by Gasteiger charge is 1.73. The number of rotatable bonds is 4. The highest BCUT2D eigenvalue weighted by molar-refractivity contribution is 9.09. The summed E-state index contributed by atoms with van der Waals surface area (Å²) in [6, 6.07) is 0. The largest absolute Gasteiger partial charge is 0.0925 e. The van der Waals surface area contributed by atoms with Gasteiger partial charge >= 0.3 is 0 Å². The van der Waals surface area contributed by atoms with E-state index >= 15 is 0 Å². The van der Waals surface area contributed by atoms with Gasteiger partial charge in [-0.25, -0.2) is 0 Å². The molecule has 0 radical (unpaired) electrons. The smallest absolute Gasteiger partial charge is 0.00659 e. The van der Waals surface area contributed by atoms with E-state index in [1.807, 2.05) is 0 Å². The Bertz CT molecular complexity index is 51.5. The van der Waals surface area contributed by atoms with E-state index in [9.17, 15) is 0 Å². The van der Waals surface area contributed by atoms with Gasteiger partial charge in [0.15, 0.2) is 0 Å². The molecule has 0 unspecified atom stereocenters. The van der Waals surface area contributed by atoms with Crippen molar-refractivity contribution in [3.05, 3.63) is 12.2 Å². The van der Waals surface area contributed by atoms with Crippen LogP contribution in [-0.2, 0) is 0 Å². The second kappa shape index (κ2) is 7.70. The lowest BCUT2D eigenvalue weighted by molar-refractivity contribution is 1.19. The molecule has 0 spiro atoms. The van der Waals surface area contributed by atoms with E-state index < -0.39 is 0 Å². The van der Waals surface area contributed by atoms with E-state index in [1.165, 1.54) is 0 Å². The fourth-order valence-electron chi connectivity index (χ4n) is 0.362. The molecule has 0 fully saturated rings. The van der Waals surface area contributed by atoms with Crippen molar-refractivity contribution in [1.29, 1.82) is 0 Å². The summed E-state index contributed by atoms with van der Waals surface area (Å²) >= 11 is 6.68. The molecule has 48 valence electrons. The predicted molar refractivity (Wildman–Crippen MR) is 46.0 cm³/mol. The van der Waals surface area contributed by atoms with Gasteiger partial charge in [0.25, 0.3) is 0 Å². The molecule has 0 aliphatic heterocycles. The molecule has 0 saturated heterocycles. The Morgan fingerprint density at radius 2 is 1.25 bits per heavy atom. The molecule has 0 aliphatic carbocycles. The zero-order valence-electron chi connectivity index (χ0n) is 4.74. The van der Waals surface area contributed by atoms with Crippen molar-refractivity contribution in [3.8, 4) is 0 Å². The number of halogens is 2. The standard InChI is InChI=1S/C6H10Br2/c7-5-3-1-2-4-6-8/h1-2H,3-6H2/b2-1+. The average molecular weight is 242 g/mol. The van der Waals surface area contributed by atoms with Crippen molar-refractivity contribution in [1.82, 2.24) is 0 Å². The second-order valence-electron chi connectivity index (χ2n) is 1.43. The lowest BCUT2D eigenvalue weighted by atomic mass is 10.4. The van der Waals surface area contributed by atoms with Crippen LogP contribution >= 0.6 is 31.9 Å². The molecule has 0 N–H and O–H groups in total. The molecule has 0 bridgehead atoms. The van der Waals surface area contributed by atoms with E-state index in [1.54, 1.807) is 0 Å². The molecule has 0 aliphatic rings. The van der Waals surface area contributed by atoms with Crippen molar-refractivity contribution in [2.45, 2.75) is 12.8 Å². The fraction of sp³-hybridized carbons (Fsp3) is 0.667. The molecule has 0 aromatic heterocycles. The molecule has 0 nitrogen and oxygen atoms in total. The van der Waals surface area contributed by atoms with E-state index in [0.717, 1.165) is 23.5 Å². The molecule has 0 aromatic carbocycles. The topological polar surface area (TPSA) is 0 Å². The first-order valence-corrected chi connectivity index (χ1v) is 4.93. The maximum Gasteiger partial charge on any atom is 0.00659 e. The number of alkyl halides is 2. The first kappa shape index (κ1) is 8.70. The summed E-state index contributed by atoms with van der Waals surface area (Å²) in [6.45, 7) is 0. The zero-order valence-corrected chi connectivity index (χ0v) is 7.91. The lowest BCUT2D eigenvalue weighted by Gasteiger charge is -1.81. The van der Waals surface area contributed by atoms with Crippen LogP contribution in [0.5, 0.6) is 0 Å². The van der Waals surface area contributed by atoms with Crippen LogP contribution in [0, 0.1) is 0 Å². The van der Waals surface area contributed by atoms with Gasteiger partial charge in [-0.2, -0.15) is 0 Å². The number of hydrogen-bond acceptors (Lipinski definition) is 0. The Kier molecular flexibility index (Phi) is 8.37. The minimum absolute atomic E-state index is 1.08. The van der Waals surface area contributed by atoms with Gasteiger partial charge < -0.3 is 0 Å². The molecule has 2 heteroatoms. The first-order valence-electron chi connectivity index (χ1n) is 2.68. The summed E-state index contributed by atoms with van der Waals surface area (Å²) in [6.07, 6.45) is 6.67. The molecule has 0 amide bonds. The van der Waals surface area contributed by atoms with Gasteiger partial charge in [0.05, 0.1) is 0 Å². The quantitative estimate of drug-likeness (QED) is 0.524. The third kappa shape index (κ3) is 6.70. The van der Waals surface area contributed by atoms with Crippen LogP contribution in [-0.4, -0.2) is 10.7 Å². The van der Waals surface area contributed by atoms with Crippen LogP contribution in [0.3, 0.4) is 0 Å². The molecule has 0 aromatic rings. The zero-order chi connectivity index (χ0) is 6.24. The first-order chi connectivity index (χ1) is 3.91. The lowest BCUT2D eigenvalue weighted by Crippen LogP contribution is -1.67. The maximum absolute atomic E-state index is 3.34. The van der Waals surface area contributed by atoms with Gasteiger partial charge in [-0.05, 0) is 12.8 Å². The summed E-state index contributed by atoms with van der Waals surface area (Å²) in [5.74, 6) is 0. The molecule has 0 heterocycles. The molecular weight excluding hydrogens is 232 g/mol. The van der Waals surface area contributed by atoms with Gasteiger partial charge in [-0.1, -0.05) is 44.0 Å². The SMILES string of the molecule is BrCC/C=C/CCBr. The maximum atomic E-state index is 3.34. The van der Waals surface area contributed by atoms with Crippen LogP contribution in [0.25, 0.3) is 0 Å².